The second-order valence-electron chi connectivity index (χ2n) is 4.16. The minimum absolute atomic E-state index is 0. The number of thioether (sulfide) groups is 1. The molecule has 108 valence electrons. The van der Waals surface area contributed by atoms with Gasteiger partial charge in [0.15, 0.2) is 5.96 Å². The van der Waals surface area contributed by atoms with Crippen molar-refractivity contribution in [3.05, 3.63) is 30.0 Å². The molecule has 0 aliphatic rings. The molecular weight excluding hydrogens is 296 g/mol. The van der Waals surface area contributed by atoms with E-state index in [1.807, 2.05) is 36.1 Å². The molecule has 7 heteroatoms. The van der Waals surface area contributed by atoms with Gasteiger partial charge in [-0.3, -0.25) is 4.79 Å². The third kappa shape index (κ3) is 3.08. The average Bonchev–Trinajstić information content (AvgIpc) is 2.62. The van der Waals surface area contributed by atoms with Crippen LogP contribution in [-0.2, 0) is 18.3 Å². The van der Waals surface area contributed by atoms with E-state index in [4.69, 9.17) is 11.5 Å². The minimum atomic E-state index is -0.332. The van der Waals surface area contributed by atoms with Gasteiger partial charge in [0.05, 0.1) is 6.42 Å². The van der Waals surface area contributed by atoms with E-state index in [9.17, 15) is 4.79 Å². The number of guanidine groups is 1. The van der Waals surface area contributed by atoms with Gasteiger partial charge in [0.2, 0.25) is 0 Å². The standard InChI is InChI=1S/C13H16N4OS.ClH/c1-17-9-6-4-3-5-8(9)12(19-2)10(17)7-11(18)16-13(14)15;/h3-6H,7H2,1-2H3,(H4,14,15,16,18);1H. The fraction of sp³-hybridized carbons (Fsp3) is 0.231. The maximum atomic E-state index is 11.7. The topological polar surface area (TPSA) is 86.4 Å². The Hall–Kier alpha value is -1.66. The van der Waals surface area contributed by atoms with Crippen molar-refractivity contribution in [2.24, 2.45) is 23.5 Å². The van der Waals surface area contributed by atoms with Crippen LogP contribution in [0.1, 0.15) is 5.69 Å². The molecule has 0 aliphatic carbocycles. The number of para-hydroxylation sites is 1. The number of rotatable bonds is 3. The number of aliphatic imine (C=N–C) groups is 1. The van der Waals surface area contributed by atoms with E-state index in [1.54, 1.807) is 11.8 Å². The number of aryl methyl sites for hydroxylation is 1. The lowest BCUT2D eigenvalue weighted by Crippen LogP contribution is -2.24. The molecule has 0 saturated heterocycles. The summed E-state index contributed by atoms with van der Waals surface area (Å²) < 4.78 is 2.02. The van der Waals surface area contributed by atoms with E-state index in [0.29, 0.717) is 0 Å². The molecule has 1 aromatic heterocycles. The lowest BCUT2D eigenvalue weighted by Gasteiger charge is -2.04. The van der Waals surface area contributed by atoms with Gasteiger partial charge in [0.25, 0.3) is 5.91 Å². The number of aromatic nitrogens is 1. The number of fused-ring (bicyclic) bond motifs is 1. The highest BCUT2D eigenvalue weighted by Gasteiger charge is 2.16. The maximum Gasteiger partial charge on any atom is 0.254 e. The van der Waals surface area contributed by atoms with Crippen molar-refractivity contribution in [2.75, 3.05) is 6.26 Å². The number of benzene rings is 1. The Morgan fingerprint density at radius 3 is 2.60 bits per heavy atom. The van der Waals surface area contributed by atoms with Crippen LogP contribution in [-0.4, -0.2) is 22.7 Å². The fourth-order valence-electron chi connectivity index (χ4n) is 2.16. The summed E-state index contributed by atoms with van der Waals surface area (Å²) in [5, 5.41) is 1.14. The van der Waals surface area contributed by atoms with Gasteiger partial charge < -0.3 is 16.0 Å². The molecule has 1 heterocycles. The first kappa shape index (κ1) is 16.4. The van der Waals surface area contributed by atoms with E-state index >= 15 is 0 Å². The van der Waals surface area contributed by atoms with Gasteiger partial charge in [-0.2, -0.15) is 4.99 Å². The quantitative estimate of drug-likeness (QED) is 0.513. The van der Waals surface area contributed by atoms with Crippen LogP contribution < -0.4 is 11.5 Å². The van der Waals surface area contributed by atoms with Crippen LogP contribution in [0, 0.1) is 0 Å². The summed E-state index contributed by atoms with van der Waals surface area (Å²) in [5.41, 5.74) is 12.5. The molecule has 1 amide bonds. The number of halogens is 1. The highest BCUT2D eigenvalue weighted by Crippen LogP contribution is 2.32. The van der Waals surface area contributed by atoms with Crippen molar-refractivity contribution < 1.29 is 4.79 Å². The van der Waals surface area contributed by atoms with Gasteiger partial charge in [0.1, 0.15) is 0 Å². The smallest absolute Gasteiger partial charge is 0.254 e. The monoisotopic (exact) mass is 312 g/mol. The SMILES string of the molecule is CSc1c(CC(=O)N=C(N)N)n(C)c2ccccc12.Cl. The summed E-state index contributed by atoms with van der Waals surface area (Å²) >= 11 is 1.62. The maximum absolute atomic E-state index is 11.7. The fourth-order valence-corrected chi connectivity index (χ4v) is 3.00. The molecule has 2 aromatic rings. The first-order valence-corrected chi connectivity index (χ1v) is 6.99. The largest absolute Gasteiger partial charge is 0.370 e. The van der Waals surface area contributed by atoms with Gasteiger partial charge in [-0.25, -0.2) is 0 Å². The summed E-state index contributed by atoms with van der Waals surface area (Å²) in [5.74, 6) is -0.532. The summed E-state index contributed by atoms with van der Waals surface area (Å²) in [6.07, 6.45) is 2.19. The number of carbonyl (C=O) groups is 1. The summed E-state index contributed by atoms with van der Waals surface area (Å²) in [7, 11) is 1.94. The van der Waals surface area contributed by atoms with Crippen LogP contribution in [0.5, 0.6) is 0 Å². The molecule has 5 nitrogen and oxygen atoms in total. The number of hydrogen-bond acceptors (Lipinski definition) is 2. The van der Waals surface area contributed by atoms with E-state index in [0.717, 1.165) is 21.5 Å². The number of nitrogens with zero attached hydrogens (tertiary/aromatic N) is 2. The second kappa shape index (κ2) is 6.67. The predicted octanol–water partition coefficient (Wildman–Crippen LogP) is 1.66. The third-order valence-corrected chi connectivity index (χ3v) is 3.82. The molecular formula is C13H17ClN4OS. The van der Waals surface area contributed by atoms with Crippen molar-refractivity contribution in [3.63, 3.8) is 0 Å². The van der Waals surface area contributed by atoms with Crippen molar-refractivity contribution in [1.82, 2.24) is 4.57 Å². The lowest BCUT2D eigenvalue weighted by atomic mass is 10.2. The van der Waals surface area contributed by atoms with Crippen LogP contribution in [0.2, 0.25) is 0 Å². The Labute approximate surface area is 127 Å². The second-order valence-corrected chi connectivity index (χ2v) is 4.98. The molecule has 0 atom stereocenters. The molecule has 0 bridgehead atoms. The van der Waals surface area contributed by atoms with Crippen molar-refractivity contribution >= 4 is 46.9 Å². The highest BCUT2D eigenvalue weighted by molar-refractivity contribution is 7.98. The van der Waals surface area contributed by atoms with Crippen molar-refractivity contribution in [3.8, 4) is 0 Å². The predicted molar refractivity (Wildman–Crippen MR) is 86.5 cm³/mol. The molecule has 0 spiro atoms. The van der Waals surface area contributed by atoms with Crippen LogP contribution in [0.4, 0.5) is 0 Å². The van der Waals surface area contributed by atoms with E-state index in [-0.39, 0.29) is 30.7 Å². The van der Waals surface area contributed by atoms with Crippen LogP contribution in [0.3, 0.4) is 0 Å². The Bertz CT molecular complexity index is 662. The van der Waals surface area contributed by atoms with Crippen molar-refractivity contribution in [1.29, 1.82) is 0 Å². The molecule has 0 fully saturated rings. The summed E-state index contributed by atoms with van der Waals surface area (Å²) in [6.45, 7) is 0. The molecule has 20 heavy (non-hydrogen) atoms. The molecule has 2 rings (SSSR count). The van der Waals surface area contributed by atoms with Gasteiger partial charge >= 0.3 is 0 Å². The number of hydrogen-bond donors (Lipinski definition) is 2. The number of nitrogens with two attached hydrogens (primary N) is 2. The van der Waals surface area contributed by atoms with Gasteiger partial charge in [-0.1, -0.05) is 18.2 Å². The third-order valence-electron chi connectivity index (χ3n) is 2.95. The van der Waals surface area contributed by atoms with Gasteiger partial charge in [-0.15, -0.1) is 24.2 Å². The van der Waals surface area contributed by atoms with E-state index in [1.165, 1.54) is 0 Å². The number of carbonyl (C=O) groups excluding carboxylic acids is 1. The normalized spacial score (nSPS) is 10.1. The zero-order valence-electron chi connectivity index (χ0n) is 11.3. The Kier molecular flexibility index (Phi) is 5.47. The minimum Gasteiger partial charge on any atom is -0.370 e. The Morgan fingerprint density at radius 2 is 2.00 bits per heavy atom. The highest BCUT2D eigenvalue weighted by atomic mass is 35.5. The molecule has 0 radical (unpaired) electrons. The molecule has 0 saturated carbocycles. The Morgan fingerprint density at radius 1 is 1.35 bits per heavy atom. The molecule has 4 N–H and O–H groups in total. The molecule has 1 aromatic carbocycles. The molecule has 0 unspecified atom stereocenters. The van der Waals surface area contributed by atoms with Crippen LogP contribution in [0.15, 0.2) is 34.2 Å². The van der Waals surface area contributed by atoms with Crippen LogP contribution >= 0.6 is 24.2 Å². The zero-order valence-corrected chi connectivity index (χ0v) is 12.9. The summed E-state index contributed by atoms with van der Waals surface area (Å²) in [6, 6.07) is 8.05. The molecule has 0 aliphatic heterocycles. The van der Waals surface area contributed by atoms with Crippen LogP contribution in [0.25, 0.3) is 10.9 Å². The van der Waals surface area contributed by atoms with Gasteiger partial charge in [0, 0.05) is 28.5 Å². The average molecular weight is 313 g/mol. The lowest BCUT2D eigenvalue weighted by molar-refractivity contribution is -0.117. The summed E-state index contributed by atoms with van der Waals surface area (Å²) in [4.78, 5) is 16.4. The number of amides is 1. The van der Waals surface area contributed by atoms with E-state index < -0.39 is 0 Å². The first-order chi connectivity index (χ1) is 9.04. The first-order valence-electron chi connectivity index (χ1n) is 5.77. The van der Waals surface area contributed by atoms with Gasteiger partial charge in [-0.05, 0) is 12.3 Å². The van der Waals surface area contributed by atoms with E-state index in [2.05, 4.69) is 11.1 Å². The zero-order chi connectivity index (χ0) is 14.0. The Balaban J connectivity index is 0.00000200. The van der Waals surface area contributed by atoms with Crippen molar-refractivity contribution in [2.45, 2.75) is 11.3 Å².